The summed E-state index contributed by atoms with van der Waals surface area (Å²) in [6.07, 6.45) is 1.54. The summed E-state index contributed by atoms with van der Waals surface area (Å²) < 4.78 is 11.0. The van der Waals surface area contributed by atoms with Gasteiger partial charge in [-0.25, -0.2) is 4.79 Å². The number of hydrogen-bond donors (Lipinski definition) is 2. The van der Waals surface area contributed by atoms with Gasteiger partial charge < -0.3 is 19.6 Å². The predicted octanol–water partition coefficient (Wildman–Crippen LogP) is 5.18. The SMILES string of the molecule is O=C(Nc1cc(Oc2ccccc2)ccc1C(=O)O)c1ccc2occc2c1. The molecule has 6 nitrogen and oxygen atoms in total. The zero-order valence-electron chi connectivity index (χ0n) is 14.6. The molecule has 1 amide bonds. The van der Waals surface area contributed by atoms with E-state index in [1.807, 2.05) is 18.2 Å². The monoisotopic (exact) mass is 373 g/mol. The maximum absolute atomic E-state index is 12.6. The van der Waals surface area contributed by atoms with Crippen molar-refractivity contribution >= 4 is 28.5 Å². The summed E-state index contributed by atoms with van der Waals surface area (Å²) in [6, 6.07) is 20.3. The fourth-order valence-corrected chi connectivity index (χ4v) is 2.80. The van der Waals surface area contributed by atoms with Crippen molar-refractivity contribution in [2.24, 2.45) is 0 Å². The zero-order valence-corrected chi connectivity index (χ0v) is 14.6. The number of amides is 1. The van der Waals surface area contributed by atoms with E-state index >= 15 is 0 Å². The van der Waals surface area contributed by atoms with Crippen molar-refractivity contribution in [1.82, 2.24) is 0 Å². The number of nitrogens with one attached hydrogen (secondary N) is 1. The van der Waals surface area contributed by atoms with Gasteiger partial charge in [-0.15, -0.1) is 0 Å². The standard InChI is InChI=1S/C22H15NO5/c24-21(15-6-9-20-14(12-15)10-11-27-20)23-19-13-17(7-8-18(19)22(25)26)28-16-4-2-1-3-5-16/h1-13H,(H,23,24)(H,25,26). The van der Waals surface area contributed by atoms with Gasteiger partial charge in [-0.05, 0) is 48.5 Å². The normalized spacial score (nSPS) is 10.6. The Kier molecular flexibility index (Phi) is 4.51. The summed E-state index contributed by atoms with van der Waals surface area (Å²) in [5.41, 5.74) is 1.18. The molecule has 0 spiro atoms. The number of benzene rings is 3. The average molecular weight is 373 g/mol. The summed E-state index contributed by atoms with van der Waals surface area (Å²) in [5, 5.41) is 12.9. The Morgan fingerprint density at radius 3 is 2.50 bits per heavy atom. The van der Waals surface area contributed by atoms with Crippen LogP contribution in [0.3, 0.4) is 0 Å². The van der Waals surface area contributed by atoms with Crippen LogP contribution >= 0.6 is 0 Å². The Balaban J connectivity index is 1.63. The smallest absolute Gasteiger partial charge is 0.337 e. The van der Waals surface area contributed by atoms with Crippen molar-refractivity contribution in [1.29, 1.82) is 0 Å². The Hall–Kier alpha value is -4.06. The molecular weight excluding hydrogens is 358 g/mol. The first-order valence-corrected chi connectivity index (χ1v) is 8.49. The van der Waals surface area contributed by atoms with Crippen LogP contribution in [0.1, 0.15) is 20.7 Å². The number of carbonyl (C=O) groups excluding carboxylic acids is 1. The van der Waals surface area contributed by atoms with Gasteiger partial charge in [-0.3, -0.25) is 4.79 Å². The van der Waals surface area contributed by atoms with Crippen molar-refractivity contribution in [3.63, 3.8) is 0 Å². The van der Waals surface area contributed by atoms with E-state index in [0.717, 1.165) is 5.39 Å². The first-order valence-electron chi connectivity index (χ1n) is 8.49. The minimum absolute atomic E-state index is 0.0295. The fraction of sp³-hybridized carbons (Fsp3) is 0. The summed E-state index contributed by atoms with van der Waals surface area (Å²) in [5.74, 6) is -0.556. The number of ether oxygens (including phenoxy) is 1. The molecule has 2 N–H and O–H groups in total. The molecule has 0 bridgehead atoms. The van der Waals surface area contributed by atoms with Gasteiger partial charge in [-0.1, -0.05) is 18.2 Å². The van der Waals surface area contributed by atoms with Crippen LogP contribution in [-0.4, -0.2) is 17.0 Å². The lowest BCUT2D eigenvalue weighted by Crippen LogP contribution is -2.14. The van der Waals surface area contributed by atoms with Gasteiger partial charge in [0.2, 0.25) is 0 Å². The first-order chi connectivity index (χ1) is 13.6. The molecule has 28 heavy (non-hydrogen) atoms. The van der Waals surface area contributed by atoms with Crippen LogP contribution in [0.15, 0.2) is 83.5 Å². The van der Waals surface area contributed by atoms with Crippen LogP contribution < -0.4 is 10.1 Å². The van der Waals surface area contributed by atoms with Crippen molar-refractivity contribution < 1.29 is 23.8 Å². The Morgan fingerprint density at radius 1 is 0.893 bits per heavy atom. The maximum Gasteiger partial charge on any atom is 0.337 e. The third-order valence-corrected chi connectivity index (χ3v) is 4.16. The molecule has 0 saturated carbocycles. The average Bonchev–Trinajstić information content (AvgIpc) is 3.16. The molecule has 4 rings (SSSR count). The van der Waals surface area contributed by atoms with E-state index in [1.165, 1.54) is 12.1 Å². The summed E-state index contributed by atoms with van der Waals surface area (Å²) in [6.45, 7) is 0. The minimum Gasteiger partial charge on any atom is -0.478 e. The molecule has 0 unspecified atom stereocenters. The highest BCUT2D eigenvalue weighted by Crippen LogP contribution is 2.28. The molecule has 1 aromatic heterocycles. The van der Waals surface area contributed by atoms with E-state index in [1.54, 1.807) is 48.7 Å². The Morgan fingerprint density at radius 2 is 1.71 bits per heavy atom. The van der Waals surface area contributed by atoms with Gasteiger partial charge in [0.15, 0.2) is 0 Å². The van der Waals surface area contributed by atoms with Crippen molar-refractivity contribution in [2.45, 2.75) is 0 Å². The number of hydrogen-bond acceptors (Lipinski definition) is 4. The molecule has 0 saturated heterocycles. The second-order valence-electron chi connectivity index (χ2n) is 6.05. The second-order valence-corrected chi connectivity index (χ2v) is 6.05. The predicted molar refractivity (Wildman–Crippen MR) is 104 cm³/mol. The fourth-order valence-electron chi connectivity index (χ4n) is 2.80. The van der Waals surface area contributed by atoms with Gasteiger partial charge in [0.1, 0.15) is 17.1 Å². The van der Waals surface area contributed by atoms with Gasteiger partial charge >= 0.3 is 5.97 Å². The van der Waals surface area contributed by atoms with Gasteiger partial charge in [-0.2, -0.15) is 0 Å². The zero-order chi connectivity index (χ0) is 19.5. The summed E-state index contributed by atoms with van der Waals surface area (Å²) >= 11 is 0. The third kappa shape index (κ3) is 3.57. The molecular formula is C22H15NO5. The largest absolute Gasteiger partial charge is 0.478 e. The highest BCUT2D eigenvalue weighted by atomic mass is 16.5. The van der Waals surface area contributed by atoms with Crippen molar-refractivity contribution in [3.05, 3.63) is 90.2 Å². The lowest BCUT2D eigenvalue weighted by Gasteiger charge is -2.12. The van der Waals surface area contributed by atoms with E-state index in [4.69, 9.17) is 9.15 Å². The lowest BCUT2D eigenvalue weighted by atomic mass is 10.1. The maximum atomic E-state index is 12.6. The van der Waals surface area contributed by atoms with Crippen LogP contribution in [0.5, 0.6) is 11.5 Å². The summed E-state index contributed by atoms with van der Waals surface area (Å²) in [7, 11) is 0. The van der Waals surface area contributed by atoms with E-state index < -0.39 is 11.9 Å². The molecule has 0 radical (unpaired) electrons. The van der Waals surface area contributed by atoms with E-state index in [2.05, 4.69) is 5.32 Å². The minimum atomic E-state index is -1.15. The van der Waals surface area contributed by atoms with Crippen molar-refractivity contribution in [2.75, 3.05) is 5.32 Å². The lowest BCUT2D eigenvalue weighted by molar-refractivity contribution is 0.0698. The van der Waals surface area contributed by atoms with E-state index in [0.29, 0.717) is 22.6 Å². The molecule has 1 heterocycles. The second kappa shape index (κ2) is 7.28. The third-order valence-electron chi connectivity index (χ3n) is 4.16. The van der Waals surface area contributed by atoms with Gasteiger partial charge in [0.05, 0.1) is 17.5 Å². The number of carbonyl (C=O) groups is 2. The number of rotatable bonds is 5. The molecule has 0 aliphatic carbocycles. The van der Waals surface area contributed by atoms with Crippen LogP contribution in [-0.2, 0) is 0 Å². The first kappa shape index (κ1) is 17.4. The number of carboxylic acid groups (broad SMARTS) is 1. The highest BCUT2D eigenvalue weighted by Gasteiger charge is 2.16. The van der Waals surface area contributed by atoms with Crippen molar-refractivity contribution in [3.8, 4) is 11.5 Å². The highest BCUT2D eigenvalue weighted by molar-refractivity contribution is 6.09. The van der Waals surface area contributed by atoms with E-state index in [9.17, 15) is 14.7 Å². The van der Waals surface area contributed by atoms with Crippen LogP contribution in [0, 0.1) is 0 Å². The quantitative estimate of drug-likeness (QED) is 0.503. The number of carboxylic acids is 1. The number of furan rings is 1. The van der Waals surface area contributed by atoms with Crippen LogP contribution in [0.4, 0.5) is 5.69 Å². The number of fused-ring (bicyclic) bond motifs is 1. The Bertz CT molecular complexity index is 1160. The molecule has 0 aliphatic rings. The molecule has 6 heteroatoms. The molecule has 0 aliphatic heterocycles. The van der Waals surface area contributed by atoms with Gasteiger partial charge in [0.25, 0.3) is 5.91 Å². The van der Waals surface area contributed by atoms with Crippen LogP contribution in [0.2, 0.25) is 0 Å². The number of aromatic carboxylic acids is 1. The van der Waals surface area contributed by atoms with Gasteiger partial charge in [0, 0.05) is 17.0 Å². The van der Waals surface area contributed by atoms with Crippen LogP contribution in [0.25, 0.3) is 11.0 Å². The molecule has 4 aromatic rings. The number of para-hydroxylation sites is 1. The molecule has 0 atom stereocenters. The Labute approximate surface area is 160 Å². The molecule has 138 valence electrons. The summed E-state index contributed by atoms with van der Waals surface area (Å²) in [4.78, 5) is 24.2. The topological polar surface area (TPSA) is 88.8 Å². The number of anilines is 1. The van der Waals surface area contributed by atoms with E-state index in [-0.39, 0.29) is 11.3 Å². The molecule has 3 aromatic carbocycles. The molecule has 0 fully saturated rings.